The van der Waals surface area contributed by atoms with E-state index in [9.17, 15) is 9.59 Å². The largest absolute Gasteiger partial charge is 0.351 e. The Kier molecular flexibility index (Phi) is 6.85. The van der Waals surface area contributed by atoms with Crippen molar-refractivity contribution in [1.29, 1.82) is 0 Å². The summed E-state index contributed by atoms with van der Waals surface area (Å²) in [7, 11) is 0. The molecule has 0 aliphatic heterocycles. The van der Waals surface area contributed by atoms with Crippen LogP contribution in [-0.2, 0) is 22.4 Å². The standard InChI is InChI=1S/C22H34N2O2/c1-6-15-9-8-10-16(7-2)19(15)23-20(25)17-11-13-18(14-12-17)21(26)24-22(3,4)5/h8-10,17-18H,6-7,11-14H2,1-5H3,(H,23,25)(H,24,26). The molecule has 4 nitrogen and oxygen atoms in total. The van der Waals surface area contributed by atoms with Gasteiger partial charge in [0.15, 0.2) is 0 Å². The van der Waals surface area contributed by atoms with E-state index in [-0.39, 0.29) is 29.2 Å². The number of rotatable bonds is 5. The van der Waals surface area contributed by atoms with Gasteiger partial charge in [0.05, 0.1) is 0 Å². The predicted molar refractivity (Wildman–Crippen MR) is 107 cm³/mol. The zero-order valence-corrected chi connectivity index (χ0v) is 16.9. The predicted octanol–water partition coefficient (Wildman–Crippen LogP) is 4.47. The lowest BCUT2D eigenvalue weighted by Gasteiger charge is -2.30. The molecular weight excluding hydrogens is 324 g/mol. The fourth-order valence-corrected chi connectivity index (χ4v) is 3.72. The summed E-state index contributed by atoms with van der Waals surface area (Å²) in [4.78, 5) is 25.1. The summed E-state index contributed by atoms with van der Waals surface area (Å²) in [5.74, 6) is 0.270. The topological polar surface area (TPSA) is 58.2 Å². The van der Waals surface area contributed by atoms with Gasteiger partial charge in [0.25, 0.3) is 0 Å². The Balaban J connectivity index is 1.96. The van der Waals surface area contributed by atoms with E-state index in [1.54, 1.807) is 0 Å². The number of anilines is 1. The molecule has 1 saturated carbocycles. The lowest BCUT2D eigenvalue weighted by Crippen LogP contribution is -2.45. The summed E-state index contributed by atoms with van der Waals surface area (Å²) in [5.41, 5.74) is 3.17. The fourth-order valence-electron chi connectivity index (χ4n) is 3.72. The average molecular weight is 359 g/mol. The lowest BCUT2D eigenvalue weighted by atomic mass is 9.80. The number of carbonyl (C=O) groups excluding carboxylic acids is 2. The van der Waals surface area contributed by atoms with E-state index in [2.05, 4.69) is 42.7 Å². The zero-order chi connectivity index (χ0) is 19.3. The third kappa shape index (κ3) is 5.33. The van der Waals surface area contributed by atoms with Crippen LogP contribution < -0.4 is 10.6 Å². The second kappa shape index (κ2) is 8.70. The van der Waals surface area contributed by atoms with Crippen LogP contribution in [0.1, 0.15) is 71.4 Å². The monoisotopic (exact) mass is 358 g/mol. The van der Waals surface area contributed by atoms with Crippen LogP contribution in [-0.4, -0.2) is 17.4 Å². The van der Waals surface area contributed by atoms with Gasteiger partial charge < -0.3 is 10.6 Å². The number of amides is 2. The van der Waals surface area contributed by atoms with E-state index < -0.39 is 0 Å². The van der Waals surface area contributed by atoms with Crippen LogP contribution in [0.3, 0.4) is 0 Å². The minimum absolute atomic E-state index is 0.00306. The van der Waals surface area contributed by atoms with E-state index in [1.807, 2.05) is 20.8 Å². The summed E-state index contributed by atoms with van der Waals surface area (Å²) in [6.45, 7) is 10.2. The Labute approximate surface area is 158 Å². The molecule has 2 N–H and O–H groups in total. The van der Waals surface area contributed by atoms with Crippen LogP contribution in [0.15, 0.2) is 18.2 Å². The van der Waals surface area contributed by atoms with Crippen LogP contribution in [0, 0.1) is 11.8 Å². The van der Waals surface area contributed by atoms with Gasteiger partial charge in [-0.2, -0.15) is 0 Å². The van der Waals surface area contributed by atoms with Crippen LogP contribution in [0.25, 0.3) is 0 Å². The number of aryl methyl sites for hydroxylation is 2. The van der Waals surface area contributed by atoms with Crippen molar-refractivity contribution in [2.75, 3.05) is 5.32 Å². The molecule has 0 saturated heterocycles. The Hall–Kier alpha value is -1.84. The Bertz CT molecular complexity index is 616. The lowest BCUT2D eigenvalue weighted by molar-refractivity contribution is -0.129. The van der Waals surface area contributed by atoms with Crippen molar-refractivity contribution in [1.82, 2.24) is 5.32 Å². The van der Waals surface area contributed by atoms with Gasteiger partial charge in [0.2, 0.25) is 11.8 Å². The molecule has 0 heterocycles. The number of benzene rings is 1. The first-order chi connectivity index (χ1) is 12.2. The van der Waals surface area contributed by atoms with Gasteiger partial charge in [-0.25, -0.2) is 0 Å². The maximum atomic E-state index is 12.8. The quantitative estimate of drug-likeness (QED) is 0.816. The van der Waals surface area contributed by atoms with Crippen molar-refractivity contribution < 1.29 is 9.59 Å². The van der Waals surface area contributed by atoms with Gasteiger partial charge in [-0.05, 0) is 70.4 Å². The normalized spacial score (nSPS) is 20.5. The van der Waals surface area contributed by atoms with Crippen LogP contribution in [0.5, 0.6) is 0 Å². The summed E-state index contributed by atoms with van der Waals surface area (Å²) < 4.78 is 0. The first-order valence-electron chi connectivity index (χ1n) is 9.98. The van der Waals surface area contributed by atoms with Crippen LogP contribution in [0.4, 0.5) is 5.69 Å². The second-order valence-electron chi connectivity index (χ2n) is 8.44. The third-order valence-corrected chi connectivity index (χ3v) is 5.21. The molecule has 0 spiro atoms. The number of hydrogen-bond acceptors (Lipinski definition) is 2. The van der Waals surface area contributed by atoms with Crippen molar-refractivity contribution >= 4 is 17.5 Å². The smallest absolute Gasteiger partial charge is 0.227 e. The molecule has 0 bridgehead atoms. The SMILES string of the molecule is CCc1cccc(CC)c1NC(=O)C1CCC(C(=O)NC(C)(C)C)CC1. The Morgan fingerprint density at radius 2 is 1.38 bits per heavy atom. The van der Waals surface area contributed by atoms with Gasteiger partial charge in [-0.1, -0.05) is 32.0 Å². The number of para-hydroxylation sites is 1. The fraction of sp³-hybridized carbons (Fsp3) is 0.636. The van der Waals surface area contributed by atoms with E-state index in [0.29, 0.717) is 0 Å². The van der Waals surface area contributed by atoms with Gasteiger partial charge in [-0.3, -0.25) is 9.59 Å². The van der Waals surface area contributed by atoms with Gasteiger partial charge >= 0.3 is 0 Å². The first-order valence-corrected chi connectivity index (χ1v) is 9.98. The van der Waals surface area contributed by atoms with Gasteiger partial charge in [0.1, 0.15) is 0 Å². The minimum atomic E-state index is -0.203. The number of nitrogens with one attached hydrogen (secondary N) is 2. The maximum absolute atomic E-state index is 12.8. The molecule has 0 unspecified atom stereocenters. The summed E-state index contributed by atoms with van der Waals surface area (Å²) >= 11 is 0. The van der Waals surface area contributed by atoms with E-state index in [0.717, 1.165) is 44.2 Å². The molecule has 4 heteroatoms. The Morgan fingerprint density at radius 1 is 0.923 bits per heavy atom. The molecule has 0 atom stereocenters. The highest BCUT2D eigenvalue weighted by Crippen LogP contribution is 2.31. The molecule has 1 aromatic carbocycles. The van der Waals surface area contributed by atoms with Crippen LogP contribution >= 0.6 is 0 Å². The van der Waals surface area contributed by atoms with Gasteiger partial charge in [-0.15, -0.1) is 0 Å². The highest BCUT2D eigenvalue weighted by atomic mass is 16.2. The molecule has 1 aliphatic rings. The summed E-state index contributed by atoms with van der Waals surface area (Å²) in [6.07, 6.45) is 4.95. The molecule has 0 radical (unpaired) electrons. The van der Waals surface area contributed by atoms with Crippen molar-refractivity contribution in [3.05, 3.63) is 29.3 Å². The molecule has 0 aromatic heterocycles. The molecule has 2 rings (SSSR count). The minimum Gasteiger partial charge on any atom is -0.351 e. The van der Waals surface area contributed by atoms with E-state index in [1.165, 1.54) is 11.1 Å². The molecular formula is C22H34N2O2. The average Bonchev–Trinajstić information content (AvgIpc) is 2.60. The molecule has 1 aromatic rings. The summed E-state index contributed by atoms with van der Waals surface area (Å²) in [6, 6.07) is 6.23. The highest BCUT2D eigenvalue weighted by molar-refractivity contribution is 5.94. The van der Waals surface area contributed by atoms with Crippen molar-refractivity contribution in [2.45, 2.75) is 78.7 Å². The van der Waals surface area contributed by atoms with Gasteiger partial charge in [0, 0.05) is 23.1 Å². The zero-order valence-electron chi connectivity index (χ0n) is 16.9. The Morgan fingerprint density at radius 3 is 1.81 bits per heavy atom. The summed E-state index contributed by atoms with van der Waals surface area (Å²) in [5, 5.41) is 6.26. The number of carbonyl (C=O) groups is 2. The molecule has 1 fully saturated rings. The van der Waals surface area contributed by atoms with E-state index >= 15 is 0 Å². The molecule has 26 heavy (non-hydrogen) atoms. The number of hydrogen-bond donors (Lipinski definition) is 2. The molecule has 2 amide bonds. The maximum Gasteiger partial charge on any atom is 0.227 e. The van der Waals surface area contributed by atoms with Crippen molar-refractivity contribution in [2.24, 2.45) is 11.8 Å². The van der Waals surface area contributed by atoms with Crippen molar-refractivity contribution in [3.8, 4) is 0 Å². The molecule has 1 aliphatic carbocycles. The van der Waals surface area contributed by atoms with Crippen molar-refractivity contribution in [3.63, 3.8) is 0 Å². The third-order valence-electron chi connectivity index (χ3n) is 5.21. The highest BCUT2D eigenvalue weighted by Gasteiger charge is 2.31. The molecule has 144 valence electrons. The van der Waals surface area contributed by atoms with Crippen LogP contribution in [0.2, 0.25) is 0 Å². The van der Waals surface area contributed by atoms with E-state index in [4.69, 9.17) is 0 Å². The first kappa shape index (κ1) is 20.5. The second-order valence-corrected chi connectivity index (χ2v) is 8.44.